The fourth-order valence-corrected chi connectivity index (χ4v) is 1.98. The molecule has 0 saturated carbocycles. The lowest BCUT2D eigenvalue weighted by Gasteiger charge is -2.12. The summed E-state index contributed by atoms with van der Waals surface area (Å²) >= 11 is 0. The molecule has 0 bridgehead atoms. The van der Waals surface area contributed by atoms with E-state index in [0.29, 0.717) is 23.1 Å². The van der Waals surface area contributed by atoms with Gasteiger partial charge >= 0.3 is 5.97 Å². The number of cyclic esters (lactones) is 1. The van der Waals surface area contributed by atoms with Crippen LogP contribution in [0.15, 0.2) is 54.1 Å². The van der Waals surface area contributed by atoms with Gasteiger partial charge in [-0.2, -0.15) is 0 Å². The van der Waals surface area contributed by atoms with Gasteiger partial charge in [-0.1, -0.05) is 36.4 Å². The number of carbonyl (C=O) groups is 2. The van der Waals surface area contributed by atoms with Crippen molar-refractivity contribution in [3.05, 3.63) is 59.7 Å². The van der Waals surface area contributed by atoms with E-state index in [2.05, 4.69) is 6.58 Å². The number of ketones is 1. The van der Waals surface area contributed by atoms with Crippen LogP contribution in [0, 0.1) is 0 Å². The molecule has 3 heteroatoms. The minimum absolute atomic E-state index is 0.183. The Morgan fingerprint density at radius 3 is 2.67 bits per heavy atom. The van der Waals surface area contributed by atoms with Gasteiger partial charge in [-0.15, -0.1) is 6.58 Å². The standard InChI is InChI=1S/C15H14O3/c1-3-7-12-10(2)15(17)18-14(12)13(16)11-8-5-4-6-9-11/h3-6,8-9,14H,1,7H2,2H3. The molecule has 2 rings (SSSR count). The summed E-state index contributed by atoms with van der Waals surface area (Å²) < 4.78 is 5.14. The van der Waals surface area contributed by atoms with Crippen molar-refractivity contribution in [2.45, 2.75) is 19.4 Å². The smallest absolute Gasteiger partial charge is 0.334 e. The molecule has 3 nitrogen and oxygen atoms in total. The first-order chi connectivity index (χ1) is 8.65. The summed E-state index contributed by atoms with van der Waals surface area (Å²) in [6.07, 6.45) is 1.37. The fourth-order valence-electron chi connectivity index (χ4n) is 1.98. The Kier molecular flexibility index (Phi) is 3.42. The molecule has 0 amide bonds. The summed E-state index contributed by atoms with van der Waals surface area (Å²) in [5, 5.41) is 0. The molecule has 92 valence electrons. The van der Waals surface area contributed by atoms with Gasteiger partial charge in [0.1, 0.15) is 0 Å². The van der Waals surface area contributed by atoms with Crippen molar-refractivity contribution < 1.29 is 14.3 Å². The Morgan fingerprint density at radius 1 is 1.39 bits per heavy atom. The maximum atomic E-state index is 12.3. The first-order valence-corrected chi connectivity index (χ1v) is 5.76. The maximum Gasteiger partial charge on any atom is 0.334 e. The highest BCUT2D eigenvalue weighted by Crippen LogP contribution is 2.28. The van der Waals surface area contributed by atoms with E-state index < -0.39 is 12.1 Å². The summed E-state index contributed by atoms with van der Waals surface area (Å²) in [6, 6.07) is 8.84. The zero-order chi connectivity index (χ0) is 13.1. The van der Waals surface area contributed by atoms with Crippen LogP contribution < -0.4 is 0 Å². The van der Waals surface area contributed by atoms with Crippen molar-refractivity contribution in [1.29, 1.82) is 0 Å². The predicted octanol–water partition coefficient (Wildman–Crippen LogP) is 2.69. The summed E-state index contributed by atoms with van der Waals surface area (Å²) in [7, 11) is 0. The minimum atomic E-state index is -0.794. The number of ether oxygens (including phenoxy) is 1. The van der Waals surface area contributed by atoms with Crippen molar-refractivity contribution in [2.24, 2.45) is 0 Å². The monoisotopic (exact) mass is 242 g/mol. The Bertz CT molecular complexity index is 526. The molecule has 1 unspecified atom stereocenters. The van der Waals surface area contributed by atoms with Crippen molar-refractivity contribution in [1.82, 2.24) is 0 Å². The molecule has 1 aliphatic heterocycles. The number of Topliss-reactive ketones (excluding diaryl/α,β-unsaturated/α-hetero) is 1. The van der Waals surface area contributed by atoms with E-state index in [1.54, 1.807) is 37.3 Å². The van der Waals surface area contributed by atoms with Crippen LogP contribution in [0.25, 0.3) is 0 Å². The lowest BCUT2D eigenvalue weighted by atomic mass is 9.96. The largest absolute Gasteiger partial charge is 0.446 e. The second-order valence-electron chi connectivity index (χ2n) is 4.16. The van der Waals surface area contributed by atoms with E-state index in [9.17, 15) is 9.59 Å². The second-order valence-corrected chi connectivity index (χ2v) is 4.16. The predicted molar refractivity (Wildman–Crippen MR) is 68.2 cm³/mol. The van der Waals surface area contributed by atoms with E-state index in [1.807, 2.05) is 6.07 Å². The van der Waals surface area contributed by atoms with Gasteiger partial charge in [-0.25, -0.2) is 4.79 Å². The Morgan fingerprint density at radius 2 is 2.06 bits per heavy atom. The molecule has 1 aliphatic rings. The Labute approximate surface area is 106 Å². The number of hydrogen-bond acceptors (Lipinski definition) is 3. The van der Waals surface area contributed by atoms with Gasteiger partial charge in [0, 0.05) is 11.1 Å². The van der Waals surface area contributed by atoms with Crippen LogP contribution >= 0.6 is 0 Å². The highest BCUT2D eigenvalue weighted by atomic mass is 16.6. The second kappa shape index (κ2) is 5.00. The first-order valence-electron chi connectivity index (χ1n) is 5.76. The first kappa shape index (κ1) is 12.3. The van der Waals surface area contributed by atoms with Crippen LogP contribution in [0.1, 0.15) is 23.7 Å². The maximum absolute atomic E-state index is 12.3. The molecule has 1 aromatic carbocycles. The van der Waals surface area contributed by atoms with Crippen molar-refractivity contribution in [3.63, 3.8) is 0 Å². The van der Waals surface area contributed by atoms with Crippen LogP contribution in [0.2, 0.25) is 0 Å². The van der Waals surface area contributed by atoms with Crippen LogP contribution in [0.3, 0.4) is 0 Å². The van der Waals surface area contributed by atoms with E-state index in [-0.39, 0.29) is 5.78 Å². The zero-order valence-electron chi connectivity index (χ0n) is 10.2. The van der Waals surface area contributed by atoms with Gasteiger partial charge in [0.25, 0.3) is 0 Å². The highest BCUT2D eigenvalue weighted by Gasteiger charge is 2.35. The quantitative estimate of drug-likeness (QED) is 0.463. The van der Waals surface area contributed by atoms with Gasteiger partial charge in [0.05, 0.1) is 0 Å². The van der Waals surface area contributed by atoms with E-state index in [4.69, 9.17) is 4.74 Å². The molecule has 0 aliphatic carbocycles. The van der Waals surface area contributed by atoms with Crippen LogP contribution in [0.5, 0.6) is 0 Å². The molecule has 1 heterocycles. The minimum Gasteiger partial charge on any atom is -0.446 e. The number of benzene rings is 1. The summed E-state index contributed by atoms with van der Waals surface area (Å²) in [4.78, 5) is 23.8. The molecule has 0 aromatic heterocycles. The summed E-state index contributed by atoms with van der Waals surface area (Å²) in [6.45, 7) is 5.32. The van der Waals surface area contributed by atoms with E-state index >= 15 is 0 Å². The van der Waals surface area contributed by atoms with E-state index in [0.717, 1.165) is 0 Å². The third kappa shape index (κ3) is 2.12. The lowest BCUT2D eigenvalue weighted by Crippen LogP contribution is -2.23. The van der Waals surface area contributed by atoms with E-state index in [1.165, 1.54) is 0 Å². The topological polar surface area (TPSA) is 43.4 Å². The normalized spacial score (nSPS) is 18.7. The average molecular weight is 242 g/mol. The zero-order valence-corrected chi connectivity index (χ0v) is 10.2. The fraction of sp³-hybridized carbons (Fsp3) is 0.200. The molecule has 0 radical (unpaired) electrons. The van der Waals surface area contributed by atoms with Crippen molar-refractivity contribution in [3.8, 4) is 0 Å². The summed E-state index contributed by atoms with van der Waals surface area (Å²) in [5.74, 6) is -0.598. The SMILES string of the molecule is C=CCC1=C(C)C(=O)OC1C(=O)c1ccccc1. The number of rotatable bonds is 4. The van der Waals surface area contributed by atoms with Gasteiger partial charge in [0.15, 0.2) is 6.10 Å². The molecule has 1 aromatic rings. The van der Waals surface area contributed by atoms with Gasteiger partial charge in [-0.3, -0.25) is 4.79 Å². The van der Waals surface area contributed by atoms with Crippen molar-refractivity contribution in [2.75, 3.05) is 0 Å². The molecule has 0 N–H and O–H groups in total. The number of esters is 1. The van der Waals surface area contributed by atoms with Crippen LogP contribution in [-0.2, 0) is 9.53 Å². The molecule has 0 saturated heterocycles. The van der Waals surface area contributed by atoms with Gasteiger partial charge in [0.2, 0.25) is 5.78 Å². The molecular formula is C15H14O3. The number of allylic oxidation sites excluding steroid dienone is 1. The highest BCUT2D eigenvalue weighted by molar-refractivity contribution is 6.06. The Balaban J connectivity index is 2.32. The number of carbonyl (C=O) groups excluding carboxylic acids is 2. The number of hydrogen-bond donors (Lipinski definition) is 0. The third-order valence-electron chi connectivity index (χ3n) is 2.99. The lowest BCUT2D eigenvalue weighted by molar-refractivity contribution is -0.138. The van der Waals surface area contributed by atoms with Gasteiger partial charge in [-0.05, 0) is 18.9 Å². The Hall–Kier alpha value is -2.16. The molecular weight excluding hydrogens is 228 g/mol. The molecule has 0 spiro atoms. The molecule has 18 heavy (non-hydrogen) atoms. The van der Waals surface area contributed by atoms with Gasteiger partial charge < -0.3 is 4.74 Å². The average Bonchev–Trinajstić information content (AvgIpc) is 2.68. The van der Waals surface area contributed by atoms with Crippen LogP contribution in [0.4, 0.5) is 0 Å². The van der Waals surface area contributed by atoms with Crippen molar-refractivity contribution >= 4 is 11.8 Å². The third-order valence-corrected chi connectivity index (χ3v) is 2.99. The summed E-state index contributed by atoms with van der Waals surface area (Å²) in [5.41, 5.74) is 1.78. The molecule has 0 fully saturated rings. The molecule has 1 atom stereocenters. The van der Waals surface area contributed by atoms with Crippen LogP contribution in [-0.4, -0.2) is 17.9 Å².